The van der Waals surface area contributed by atoms with E-state index in [1.807, 2.05) is 18.7 Å². The molecule has 2 aliphatic heterocycles. The van der Waals surface area contributed by atoms with Crippen LogP contribution in [0.15, 0.2) is 72.8 Å². The number of hydrogen-bond donors (Lipinski definition) is 3. The third-order valence-corrected chi connectivity index (χ3v) is 10.3. The van der Waals surface area contributed by atoms with Gasteiger partial charge in [-0.05, 0) is 53.1 Å². The van der Waals surface area contributed by atoms with Gasteiger partial charge in [-0.25, -0.2) is 0 Å². The zero-order chi connectivity index (χ0) is 38.1. The third kappa shape index (κ3) is 7.05. The molecule has 5 rings (SSSR count). The molecular formula is C38H41F6NO7. The normalized spacial score (nSPS) is 21.7. The van der Waals surface area contributed by atoms with Crippen molar-refractivity contribution < 1.29 is 60.7 Å². The second-order valence-electron chi connectivity index (χ2n) is 13.9. The Morgan fingerprint density at radius 3 is 1.85 bits per heavy atom. The summed E-state index contributed by atoms with van der Waals surface area (Å²) in [5, 5.41) is 30.4. The first-order chi connectivity index (χ1) is 24.5. The number of hydrogen-bond acceptors (Lipinski definition) is 8. The van der Waals surface area contributed by atoms with Gasteiger partial charge in [-0.3, -0.25) is 14.5 Å². The number of fused-ring (bicyclic) bond motifs is 3. The van der Waals surface area contributed by atoms with Crippen LogP contribution in [-0.4, -0.2) is 76.9 Å². The summed E-state index contributed by atoms with van der Waals surface area (Å²) in [6, 6.07) is 14.6. The Labute approximate surface area is 297 Å². The first-order valence-electron chi connectivity index (χ1n) is 16.9. The quantitative estimate of drug-likeness (QED) is 0.126. The van der Waals surface area contributed by atoms with Gasteiger partial charge >= 0.3 is 24.3 Å². The van der Waals surface area contributed by atoms with Gasteiger partial charge in [0, 0.05) is 37.0 Å². The predicted octanol–water partition coefficient (Wildman–Crippen LogP) is 5.95. The zero-order valence-electron chi connectivity index (χ0n) is 28.6. The van der Waals surface area contributed by atoms with Gasteiger partial charge in [0.05, 0.1) is 19.8 Å². The van der Waals surface area contributed by atoms with Gasteiger partial charge in [0.25, 0.3) is 0 Å². The fourth-order valence-corrected chi connectivity index (χ4v) is 7.51. The van der Waals surface area contributed by atoms with E-state index in [4.69, 9.17) is 9.47 Å². The minimum absolute atomic E-state index is 0.0106. The first kappa shape index (κ1) is 39.2. The van der Waals surface area contributed by atoms with Gasteiger partial charge in [0.2, 0.25) is 10.8 Å². The summed E-state index contributed by atoms with van der Waals surface area (Å²) >= 11 is 0. The minimum atomic E-state index is -5.28. The van der Waals surface area contributed by atoms with Crippen LogP contribution in [0.3, 0.4) is 0 Å². The molecule has 1 saturated heterocycles. The third-order valence-electron chi connectivity index (χ3n) is 10.3. The van der Waals surface area contributed by atoms with Crippen molar-refractivity contribution in [3.8, 4) is 5.75 Å². The van der Waals surface area contributed by atoms with Gasteiger partial charge < -0.3 is 24.8 Å². The van der Waals surface area contributed by atoms with E-state index in [2.05, 4.69) is 0 Å². The van der Waals surface area contributed by atoms with Crippen LogP contribution in [0.25, 0.3) is 0 Å². The van der Waals surface area contributed by atoms with Crippen molar-refractivity contribution in [2.24, 2.45) is 11.8 Å². The van der Waals surface area contributed by atoms with Crippen LogP contribution < -0.4 is 4.74 Å². The number of benzene rings is 3. The largest absolute Gasteiger partial charge is 0.461 e. The summed E-state index contributed by atoms with van der Waals surface area (Å²) in [6.07, 6.45) is -10.6. The second-order valence-corrected chi connectivity index (χ2v) is 13.9. The molecule has 5 atom stereocenters. The lowest BCUT2D eigenvalue weighted by atomic mass is 9.77. The van der Waals surface area contributed by atoms with Crippen molar-refractivity contribution in [2.75, 3.05) is 26.3 Å². The average Bonchev–Trinajstić information content (AvgIpc) is 3.09. The summed E-state index contributed by atoms with van der Waals surface area (Å²) in [4.78, 5) is 29.3. The molecule has 0 radical (unpaired) electrons. The number of esters is 2. The Balaban J connectivity index is 1.52. The molecule has 2 heterocycles. The number of aliphatic hydroxyl groups excluding tert-OH is 3. The van der Waals surface area contributed by atoms with Crippen LogP contribution >= 0.6 is 0 Å². The van der Waals surface area contributed by atoms with E-state index in [-0.39, 0.29) is 23.7 Å². The lowest BCUT2D eigenvalue weighted by Crippen LogP contribution is -2.56. The molecule has 0 amide bonds. The maximum Gasteiger partial charge on any atom is 0.411 e. The predicted molar refractivity (Wildman–Crippen MR) is 176 cm³/mol. The standard InChI is InChI=1S/C38H41F6NO7/c1-23(2)15-25-19-45-14-13-24-16-26(20-46)31(51-33(49)35(21-47,37(39,40)41)27-9-5-3-6-10-27)17-29(24)30(45)18-32(25)52-34(50)36(22-48,38(42,43)44)28-11-7-4-8-12-28/h3-12,16-17,23,25,30,32,46-48H,13-15,18-22H2,1-2H3/t25-,30+,32-,35-,36-/m0/s1. The van der Waals surface area contributed by atoms with Gasteiger partial charge in [0.15, 0.2) is 0 Å². The Bertz CT molecular complexity index is 1720. The number of halogens is 6. The molecule has 3 aromatic carbocycles. The number of carbonyl (C=O) groups excluding carboxylic acids is 2. The lowest BCUT2D eigenvalue weighted by Gasteiger charge is -2.48. The molecule has 0 aliphatic carbocycles. The Morgan fingerprint density at radius 1 is 0.827 bits per heavy atom. The topological polar surface area (TPSA) is 117 Å². The lowest BCUT2D eigenvalue weighted by molar-refractivity contribution is -0.223. The van der Waals surface area contributed by atoms with Gasteiger partial charge in [-0.15, -0.1) is 0 Å². The number of aliphatic hydroxyl groups is 3. The summed E-state index contributed by atoms with van der Waals surface area (Å²) in [6.45, 7) is 0.687. The van der Waals surface area contributed by atoms with Crippen molar-refractivity contribution in [3.05, 3.63) is 101 Å². The van der Waals surface area contributed by atoms with E-state index in [0.29, 0.717) is 37.1 Å². The maximum atomic E-state index is 14.7. The molecule has 1 fully saturated rings. The van der Waals surface area contributed by atoms with Crippen molar-refractivity contribution >= 4 is 11.9 Å². The molecule has 0 bridgehead atoms. The molecule has 3 aromatic rings. The highest BCUT2D eigenvalue weighted by Crippen LogP contribution is 2.47. The van der Waals surface area contributed by atoms with Crippen molar-refractivity contribution in [1.82, 2.24) is 4.90 Å². The number of alkyl halides is 6. The fourth-order valence-electron chi connectivity index (χ4n) is 7.51. The SMILES string of the molecule is CC(C)C[C@H]1CN2CCc3cc(CO)c(OC(=O)[C@](CO)(c4ccccc4)C(F)(F)F)cc3[C@H]2C[C@@H]1OC(=O)[C@](CO)(c1ccccc1)C(F)(F)F. The Hall–Kier alpha value is -3.98. The summed E-state index contributed by atoms with van der Waals surface area (Å²) < 4.78 is 99.2. The van der Waals surface area contributed by atoms with E-state index in [9.17, 15) is 51.3 Å². The van der Waals surface area contributed by atoms with Crippen LogP contribution in [0.5, 0.6) is 5.75 Å². The summed E-state index contributed by atoms with van der Waals surface area (Å²) in [7, 11) is 0. The van der Waals surface area contributed by atoms with E-state index >= 15 is 0 Å². The molecule has 2 aliphatic rings. The molecule has 282 valence electrons. The van der Waals surface area contributed by atoms with Crippen LogP contribution in [0, 0.1) is 11.8 Å². The molecule has 8 nitrogen and oxygen atoms in total. The molecule has 14 heteroatoms. The monoisotopic (exact) mass is 737 g/mol. The summed E-state index contributed by atoms with van der Waals surface area (Å²) in [5.41, 5.74) is -6.68. The number of carbonyl (C=O) groups is 2. The maximum absolute atomic E-state index is 14.7. The zero-order valence-corrected chi connectivity index (χ0v) is 28.6. The van der Waals surface area contributed by atoms with E-state index < -0.39 is 84.1 Å². The van der Waals surface area contributed by atoms with E-state index in [1.54, 1.807) is 0 Å². The van der Waals surface area contributed by atoms with Crippen molar-refractivity contribution in [3.63, 3.8) is 0 Å². The average molecular weight is 738 g/mol. The number of nitrogens with zero attached hydrogens (tertiary/aromatic N) is 1. The Morgan fingerprint density at radius 2 is 1.37 bits per heavy atom. The van der Waals surface area contributed by atoms with Crippen LogP contribution in [0.1, 0.15) is 60.5 Å². The summed E-state index contributed by atoms with van der Waals surface area (Å²) in [5.74, 6) is -4.20. The van der Waals surface area contributed by atoms with Crippen molar-refractivity contribution in [1.29, 1.82) is 0 Å². The Kier molecular flexibility index (Phi) is 11.4. The molecule has 0 unspecified atom stereocenters. The van der Waals surface area contributed by atoms with Crippen LogP contribution in [0.2, 0.25) is 0 Å². The van der Waals surface area contributed by atoms with Gasteiger partial charge in [0.1, 0.15) is 11.9 Å². The molecule has 52 heavy (non-hydrogen) atoms. The molecular weight excluding hydrogens is 696 g/mol. The number of piperidine rings is 1. The highest BCUT2D eigenvalue weighted by atomic mass is 19.4. The molecule has 0 aromatic heterocycles. The second kappa shape index (κ2) is 15.2. The fraction of sp³-hybridized carbons (Fsp3) is 0.474. The van der Waals surface area contributed by atoms with Crippen LogP contribution in [-0.2, 0) is 38.2 Å². The highest BCUT2D eigenvalue weighted by Gasteiger charge is 2.64. The van der Waals surface area contributed by atoms with Crippen LogP contribution in [0.4, 0.5) is 26.3 Å². The van der Waals surface area contributed by atoms with Crippen molar-refractivity contribution in [2.45, 2.75) is 75.0 Å². The molecule has 3 N–H and O–H groups in total. The molecule has 0 saturated carbocycles. The highest BCUT2D eigenvalue weighted by molar-refractivity contribution is 5.87. The number of ether oxygens (including phenoxy) is 2. The smallest absolute Gasteiger partial charge is 0.411 e. The van der Waals surface area contributed by atoms with Gasteiger partial charge in [-0.2, -0.15) is 26.3 Å². The van der Waals surface area contributed by atoms with E-state index in [0.717, 1.165) is 24.3 Å². The molecule has 0 spiro atoms. The minimum Gasteiger partial charge on any atom is -0.461 e. The number of rotatable bonds is 11. The van der Waals surface area contributed by atoms with Gasteiger partial charge in [-0.1, -0.05) is 74.5 Å². The first-order valence-corrected chi connectivity index (χ1v) is 16.9. The van der Waals surface area contributed by atoms with E-state index in [1.165, 1.54) is 48.5 Å².